The van der Waals surface area contributed by atoms with Crippen LogP contribution in [0.15, 0.2) is 30.5 Å². The summed E-state index contributed by atoms with van der Waals surface area (Å²) < 4.78 is 0. The van der Waals surface area contributed by atoms with Crippen molar-refractivity contribution in [1.82, 2.24) is 4.98 Å². The lowest BCUT2D eigenvalue weighted by atomic mass is 10.1. The molecule has 0 saturated carbocycles. The maximum atomic E-state index is 11.2. The van der Waals surface area contributed by atoms with E-state index in [0.29, 0.717) is 0 Å². The Balaban J connectivity index is 2.18. The van der Waals surface area contributed by atoms with Crippen molar-refractivity contribution in [3.63, 3.8) is 0 Å². The van der Waals surface area contributed by atoms with Crippen LogP contribution in [0.3, 0.4) is 0 Å². The third-order valence-electron chi connectivity index (χ3n) is 3.35. The molecule has 2 rings (SSSR count). The minimum absolute atomic E-state index is 0.247. The Bertz CT molecular complexity index is 596. The summed E-state index contributed by atoms with van der Waals surface area (Å²) in [5.41, 5.74) is 0.247. The van der Waals surface area contributed by atoms with E-state index in [-0.39, 0.29) is 5.56 Å². The van der Waals surface area contributed by atoms with Crippen LogP contribution in [0.1, 0.15) is 43.0 Å². The topological polar surface area (TPSA) is 62.2 Å². The van der Waals surface area contributed by atoms with Crippen LogP contribution in [0.25, 0.3) is 10.8 Å². The van der Waals surface area contributed by atoms with Crippen molar-refractivity contribution in [3.8, 4) is 0 Å². The van der Waals surface area contributed by atoms with Crippen molar-refractivity contribution < 1.29 is 9.90 Å². The maximum absolute atomic E-state index is 11.2. The fourth-order valence-corrected chi connectivity index (χ4v) is 2.26. The number of hydrogen-bond acceptors (Lipinski definition) is 3. The average Bonchev–Trinajstić information content (AvgIpc) is 2.46. The summed E-state index contributed by atoms with van der Waals surface area (Å²) in [4.78, 5) is 15.5. The molecular formula is C16H20N2O2. The molecule has 20 heavy (non-hydrogen) atoms. The lowest BCUT2D eigenvalue weighted by Crippen LogP contribution is -2.06. The summed E-state index contributed by atoms with van der Waals surface area (Å²) in [6, 6.07) is 7.48. The van der Waals surface area contributed by atoms with Gasteiger partial charge in [0.15, 0.2) is 0 Å². The van der Waals surface area contributed by atoms with Crippen molar-refractivity contribution >= 4 is 22.6 Å². The second-order valence-corrected chi connectivity index (χ2v) is 4.86. The van der Waals surface area contributed by atoms with E-state index in [1.165, 1.54) is 25.5 Å². The van der Waals surface area contributed by atoms with Crippen LogP contribution in [0, 0.1) is 0 Å². The van der Waals surface area contributed by atoms with Gasteiger partial charge in [-0.3, -0.25) is 0 Å². The van der Waals surface area contributed by atoms with E-state index < -0.39 is 5.97 Å². The number of anilines is 1. The molecule has 0 spiro atoms. The van der Waals surface area contributed by atoms with Gasteiger partial charge >= 0.3 is 5.97 Å². The van der Waals surface area contributed by atoms with Gasteiger partial charge in [-0.15, -0.1) is 0 Å². The number of hydrogen-bond donors (Lipinski definition) is 2. The molecule has 1 heterocycles. The van der Waals surface area contributed by atoms with Crippen molar-refractivity contribution in [2.24, 2.45) is 0 Å². The molecule has 0 aliphatic carbocycles. The number of benzene rings is 1. The van der Waals surface area contributed by atoms with E-state index in [4.69, 9.17) is 0 Å². The van der Waals surface area contributed by atoms with E-state index in [9.17, 15) is 9.90 Å². The number of aromatic nitrogens is 1. The van der Waals surface area contributed by atoms with Crippen LogP contribution in [0.4, 0.5) is 5.82 Å². The zero-order valence-electron chi connectivity index (χ0n) is 11.7. The fraction of sp³-hybridized carbons (Fsp3) is 0.375. The van der Waals surface area contributed by atoms with Gasteiger partial charge in [0.2, 0.25) is 0 Å². The Labute approximate surface area is 118 Å². The highest BCUT2D eigenvalue weighted by atomic mass is 16.4. The first-order valence-electron chi connectivity index (χ1n) is 7.09. The molecule has 0 atom stereocenters. The number of carboxylic acids is 1. The molecule has 0 fully saturated rings. The van der Waals surface area contributed by atoms with Crippen molar-refractivity contribution in [3.05, 3.63) is 36.0 Å². The third kappa shape index (κ3) is 3.26. The molecule has 0 amide bonds. The first-order valence-corrected chi connectivity index (χ1v) is 7.09. The van der Waals surface area contributed by atoms with Gasteiger partial charge in [-0.25, -0.2) is 9.78 Å². The molecule has 0 aliphatic heterocycles. The normalized spacial score (nSPS) is 10.7. The van der Waals surface area contributed by atoms with E-state index >= 15 is 0 Å². The Morgan fingerprint density at radius 2 is 1.95 bits per heavy atom. The highest BCUT2D eigenvalue weighted by Crippen LogP contribution is 2.24. The van der Waals surface area contributed by atoms with Gasteiger partial charge in [0.1, 0.15) is 5.82 Å². The van der Waals surface area contributed by atoms with Crippen LogP contribution < -0.4 is 5.32 Å². The Morgan fingerprint density at radius 1 is 1.20 bits per heavy atom. The minimum atomic E-state index is -0.941. The van der Waals surface area contributed by atoms with Crippen LogP contribution in [0.2, 0.25) is 0 Å². The van der Waals surface area contributed by atoms with Gasteiger partial charge < -0.3 is 10.4 Å². The molecule has 1 aromatic heterocycles. The number of pyridine rings is 1. The van der Waals surface area contributed by atoms with Gasteiger partial charge in [0.05, 0.1) is 5.56 Å². The summed E-state index contributed by atoms with van der Waals surface area (Å²) in [5, 5.41) is 14.1. The monoisotopic (exact) mass is 272 g/mol. The lowest BCUT2D eigenvalue weighted by molar-refractivity contribution is 0.0698. The Hall–Kier alpha value is -2.10. The number of unbranched alkanes of at least 4 members (excludes halogenated alkanes) is 3. The number of rotatable bonds is 7. The molecule has 0 aliphatic rings. The number of aromatic carboxylic acids is 1. The molecule has 0 bridgehead atoms. The predicted octanol–water partition coefficient (Wildman–Crippen LogP) is 3.93. The molecule has 0 unspecified atom stereocenters. The summed E-state index contributed by atoms with van der Waals surface area (Å²) in [6.45, 7) is 3.05. The molecule has 0 saturated heterocycles. The smallest absolute Gasteiger partial charge is 0.337 e. The standard InChI is InChI=1S/C16H20N2O2/c1-2-3-4-7-10-17-15-13-9-6-5-8-12(13)14(11-18-15)16(19)20/h5-6,8-9,11H,2-4,7,10H2,1H3,(H,17,18)(H,19,20). The Kier molecular flexibility index (Phi) is 4.93. The van der Waals surface area contributed by atoms with E-state index in [2.05, 4.69) is 17.2 Å². The highest BCUT2D eigenvalue weighted by molar-refractivity contribution is 6.06. The van der Waals surface area contributed by atoms with Crippen LogP contribution in [-0.2, 0) is 0 Å². The van der Waals surface area contributed by atoms with Crippen LogP contribution in [0.5, 0.6) is 0 Å². The zero-order chi connectivity index (χ0) is 14.4. The fourth-order valence-electron chi connectivity index (χ4n) is 2.26. The van der Waals surface area contributed by atoms with E-state index in [1.54, 1.807) is 0 Å². The summed E-state index contributed by atoms with van der Waals surface area (Å²) >= 11 is 0. The zero-order valence-corrected chi connectivity index (χ0v) is 11.7. The van der Waals surface area contributed by atoms with Crippen LogP contribution >= 0.6 is 0 Å². The number of carboxylic acid groups (broad SMARTS) is 1. The first kappa shape index (κ1) is 14.3. The molecular weight excluding hydrogens is 252 g/mol. The lowest BCUT2D eigenvalue weighted by Gasteiger charge is -2.10. The Morgan fingerprint density at radius 3 is 2.65 bits per heavy atom. The molecule has 4 heteroatoms. The molecule has 4 nitrogen and oxygen atoms in total. The largest absolute Gasteiger partial charge is 0.478 e. The van der Waals surface area contributed by atoms with E-state index in [0.717, 1.165) is 29.6 Å². The van der Waals surface area contributed by atoms with Crippen molar-refractivity contribution in [1.29, 1.82) is 0 Å². The summed E-state index contributed by atoms with van der Waals surface area (Å²) in [6.07, 6.45) is 6.19. The second kappa shape index (κ2) is 6.89. The van der Waals surface area contributed by atoms with Gasteiger partial charge in [-0.2, -0.15) is 0 Å². The van der Waals surface area contributed by atoms with Crippen LogP contribution in [-0.4, -0.2) is 22.6 Å². The summed E-state index contributed by atoms with van der Waals surface area (Å²) in [7, 11) is 0. The highest BCUT2D eigenvalue weighted by Gasteiger charge is 2.11. The first-order chi connectivity index (χ1) is 9.74. The average molecular weight is 272 g/mol. The van der Waals surface area contributed by atoms with Gasteiger partial charge in [-0.1, -0.05) is 50.5 Å². The van der Waals surface area contributed by atoms with Gasteiger partial charge in [0.25, 0.3) is 0 Å². The second-order valence-electron chi connectivity index (χ2n) is 4.86. The minimum Gasteiger partial charge on any atom is -0.478 e. The van der Waals surface area contributed by atoms with Gasteiger partial charge in [-0.05, 0) is 6.42 Å². The quantitative estimate of drug-likeness (QED) is 0.750. The maximum Gasteiger partial charge on any atom is 0.337 e. The number of nitrogens with one attached hydrogen (secondary N) is 1. The van der Waals surface area contributed by atoms with E-state index in [1.807, 2.05) is 24.3 Å². The van der Waals surface area contributed by atoms with Crippen molar-refractivity contribution in [2.45, 2.75) is 32.6 Å². The summed E-state index contributed by atoms with van der Waals surface area (Å²) in [5.74, 6) is -0.176. The number of nitrogens with zero attached hydrogens (tertiary/aromatic N) is 1. The molecule has 2 N–H and O–H groups in total. The van der Waals surface area contributed by atoms with Gasteiger partial charge in [0, 0.05) is 23.5 Å². The molecule has 0 radical (unpaired) electrons. The van der Waals surface area contributed by atoms with Crippen molar-refractivity contribution in [2.75, 3.05) is 11.9 Å². The molecule has 1 aromatic carbocycles. The molecule has 106 valence electrons. The third-order valence-corrected chi connectivity index (χ3v) is 3.35. The predicted molar refractivity (Wildman–Crippen MR) is 81.3 cm³/mol. The SMILES string of the molecule is CCCCCCNc1ncc(C(=O)O)c2ccccc12. The number of fused-ring (bicyclic) bond motifs is 1. The molecule has 2 aromatic rings. The number of carbonyl (C=O) groups is 1.